The van der Waals surface area contributed by atoms with Gasteiger partial charge in [0.2, 0.25) is 0 Å². The van der Waals surface area contributed by atoms with Crippen LogP contribution in [0, 0.1) is 0 Å². The number of unbranched alkanes of at least 4 members (excludes halogenated alkanes) is 1. The summed E-state index contributed by atoms with van der Waals surface area (Å²) in [5, 5.41) is 9.82. The average molecular weight is 176 g/mol. The average Bonchev–Trinajstić information content (AvgIpc) is 1.97. The highest BCUT2D eigenvalue weighted by molar-refractivity contribution is 7.80. The van der Waals surface area contributed by atoms with Gasteiger partial charge < -0.3 is 5.11 Å². The molecule has 0 saturated heterocycles. The minimum atomic E-state index is -0.0930. The van der Waals surface area contributed by atoms with Gasteiger partial charge in [0, 0.05) is 0 Å². The van der Waals surface area contributed by atoms with Crippen LogP contribution >= 0.6 is 12.6 Å². The molecule has 2 atom stereocenters. The van der Waals surface area contributed by atoms with Crippen molar-refractivity contribution >= 4 is 12.6 Å². The largest absolute Gasteiger partial charge is 0.393 e. The van der Waals surface area contributed by atoms with Crippen LogP contribution in [0.3, 0.4) is 0 Å². The fourth-order valence-electron chi connectivity index (χ4n) is 1.02. The summed E-state index contributed by atoms with van der Waals surface area (Å²) in [6.07, 6.45) is 5.11. The summed E-state index contributed by atoms with van der Waals surface area (Å²) in [7, 11) is 0. The van der Waals surface area contributed by atoms with E-state index in [1.165, 1.54) is 6.42 Å². The van der Waals surface area contributed by atoms with Crippen molar-refractivity contribution in [3.8, 4) is 0 Å². The van der Waals surface area contributed by atoms with Gasteiger partial charge in [0.15, 0.2) is 0 Å². The lowest BCUT2D eigenvalue weighted by Crippen LogP contribution is -2.08. The molecule has 0 aromatic carbocycles. The van der Waals surface area contributed by atoms with Crippen molar-refractivity contribution < 1.29 is 5.11 Å². The monoisotopic (exact) mass is 176 g/mol. The van der Waals surface area contributed by atoms with Gasteiger partial charge in [0.05, 0.1) is 6.10 Å². The van der Waals surface area contributed by atoms with Gasteiger partial charge in [-0.3, -0.25) is 0 Å². The van der Waals surface area contributed by atoms with Crippen molar-refractivity contribution in [3.05, 3.63) is 0 Å². The van der Waals surface area contributed by atoms with Crippen molar-refractivity contribution in [2.24, 2.45) is 0 Å². The fraction of sp³-hybridized carbons (Fsp3) is 1.00. The fourth-order valence-corrected chi connectivity index (χ4v) is 1.17. The molecule has 0 spiro atoms. The highest BCUT2D eigenvalue weighted by Crippen LogP contribution is 2.10. The lowest BCUT2D eigenvalue weighted by molar-refractivity contribution is 0.149. The second-order valence-electron chi connectivity index (χ2n) is 3.22. The van der Waals surface area contributed by atoms with E-state index in [9.17, 15) is 5.11 Å². The summed E-state index contributed by atoms with van der Waals surface area (Å²) < 4.78 is 0. The zero-order chi connectivity index (χ0) is 8.69. The van der Waals surface area contributed by atoms with Crippen LogP contribution in [-0.2, 0) is 0 Å². The van der Waals surface area contributed by atoms with Crippen molar-refractivity contribution in [1.29, 1.82) is 0 Å². The normalized spacial score (nSPS) is 16.4. The van der Waals surface area contributed by atoms with E-state index in [0.717, 1.165) is 25.7 Å². The van der Waals surface area contributed by atoms with Crippen molar-refractivity contribution in [2.45, 2.75) is 57.3 Å². The highest BCUT2D eigenvalue weighted by Gasteiger charge is 2.04. The minimum Gasteiger partial charge on any atom is -0.393 e. The molecule has 0 rings (SSSR count). The quantitative estimate of drug-likeness (QED) is 0.596. The van der Waals surface area contributed by atoms with Crippen molar-refractivity contribution in [3.63, 3.8) is 0 Å². The van der Waals surface area contributed by atoms with Gasteiger partial charge in [-0.25, -0.2) is 0 Å². The number of hydrogen-bond acceptors (Lipinski definition) is 2. The SMILES string of the molecule is CCCCC(O)CCC(C)S. The number of aliphatic hydroxyl groups excluding tert-OH is 1. The molecule has 0 amide bonds. The number of aliphatic hydroxyl groups is 1. The Bertz CT molecular complexity index is 83.6. The Morgan fingerprint density at radius 2 is 1.91 bits per heavy atom. The van der Waals surface area contributed by atoms with Gasteiger partial charge >= 0.3 is 0 Å². The van der Waals surface area contributed by atoms with E-state index in [1.54, 1.807) is 0 Å². The first kappa shape index (κ1) is 11.3. The second kappa shape index (κ2) is 6.99. The standard InChI is InChI=1S/C9H20OS/c1-3-4-5-9(10)7-6-8(2)11/h8-11H,3-7H2,1-2H3. The minimum absolute atomic E-state index is 0.0930. The molecule has 0 bridgehead atoms. The zero-order valence-corrected chi connectivity index (χ0v) is 8.48. The van der Waals surface area contributed by atoms with E-state index in [2.05, 4.69) is 26.5 Å². The number of thiol groups is 1. The molecule has 2 unspecified atom stereocenters. The molecule has 1 N–H and O–H groups in total. The Morgan fingerprint density at radius 3 is 2.36 bits per heavy atom. The van der Waals surface area contributed by atoms with Crippen LogP contribution in [0.5, 0.6) is 0 Å². The van der Waals surface area contributed by atoms with Gasteiger partial charge in [0.1, 0.15) is 0 Å². The van der Waals surface area contributed by atoms with Gasteiger partial charge in [0.25, 0.3) is 0 Å². The maximum absolute atomic E-state index is 9.40. The Kier molecular flexibility index (Phi) is 7.18. The van der Waals surface area contributed by atoms with Crippen LogP contribution in [0.2, 0.25) is 0 Å². The van der Waals surface area contributed by atoms with E-state index in [0.29, 0.717) is 5.25 Å². The van der Waals surface area contributed by atoms with Gasteiger partial charge in [-0.1, -0.05) is 26.7 Å². The molecule has 0 aromatic rings. The van der Waals surface area contributed by atoms with Crippen LogP contribution in [0.4, 0.5) is 0 Å². The Labute approximate surface area is 75.6 Å². The van der Waals surface area contributed by atoms with E-state index in [4.69, 9.17) is 0 Å². The second-order valence-corrected chi connectivity index (χ2v) is 4.10. The molecule has 2 heteroatoms. The summed E-state index contributed by atoms with van der Waals surface area (Å²) in [5.74, 6) is 0. The molecule has 0 heterocycles. The van der Waals surface area contributed by atoms with E-state index >= 15 is 0 Å². The molecule has 0 aliphatic heterocycles. The third-order valence-electron chi connectivity index (χ3n) is 1.81. The molecule has 0 aliphatic carbocycles. The molecule has 68 valence electrons. The van der Waals surface area contributed by atoms with E-state index < -0.39 is 0 Å². The third-order valence-corrected chi connectivity index (χ3v) is 2.07. The van der Waals surface area contributed by atoms with Crippen LogP contribution < -0.4 is 0 Å². The highest BCUT2D eigenvalue weighted by atomic mass is 32.1. The molecule has 0 aliphatic rings. The summed E-state index contributed by atoms with van der Waals surface area (Å²) >= 11 is 4.25. The zero-order valence-electron chi connectivity index (χ0n) is 7.58. The van der Waals surface area contributed by atoms with Gasteiger partial charge in [-0.15, -0.1) is 0 Å². The molecule has 1 nitrogen and oxygen atoms in total. The van der Waals surface area contributed by atoms with Crippen LogP contribution in [0.1, 0.15) is 46.0 Å². The van der Waals surface area contributed by atoms with Crippen LogP contribution in [0.15, 0.2) is 0 Å². The van der Waals surface area contributed by atoms with Crippen LogP contribution in [0.25, 0.3) is 0 Å². The first-order valence-corrected chi connectivity index (χ1v) is 5.04. The van der Waals surface area contributed by atoms with E-state index in [1.807, 2.05) is 0 Å². The third kappa shape index (κ3) is 8.21. The molecule has 11 heavy (non-hydrogen) atoms. The van der Waals surface area contributed by atoms with Gasteiger partial charge in [-0.05, 0) is 24.5 Å². The smallest absolute Gasteiger partial charge is 0.0540 e. The summed E-state index contributed by atoms with van der Waals surface area (Å²) in [6, 6.07) is 0. The lowest BCUT2D eigenvalue weighted by atomic mass is 10.1. The summed E-state index contributed by atoms with van der Waals surface area (Å²) in [5.41, 5.74) is 0. The molecule has 0 saturated carbocycles. The Hall–Kier alpha value is 0.310. The first-order chi connectivity index (χ1) is 5.16. The Morgan fingerprint density at radius 1 is 1.27 bits per heavy atom. The van der Waals surface area contributed by atoms with E-state index in [-0.39, 0.29) is 6.10 Å². The lowest BCUT2D eigenvalue weighted by Gasteiger charge is -2.10. The molecular formula is C9H20OS. The summed E-state index contributed by atoms with van der Waals surface area (Å²) in [6.45, 7) is 4.21. The first-order valence-electron chi connectivity index (χ1n) is 4.53. The number of hydrogen-bond donors (Lipinski definition) is 2. The molecule has 0 aromatic heterocycles. The predicted molar refractivity (Wildman–Crippen MR) is 53.2 cm³/mol. The molecular weight excluding hydrogens is 156 g/mol. The Balaban J connectivity index is 3.15. The van der Waals surface area contributed by atoms with Crippen molar-refractivity contribution in [2.75, 3.05) is 0 Å². The maximum Gasteiger partial charge on any atom is 0.0540 e. The maximum atomic E-state index is 9.40. The summed E-state index contributed by atoms with van der Waals surface area (Å²) in [4.78, 5) is 0. The molecule has 0 radical (unpaired) electrons. The number of rotatable bonds is 6. The van der Waals surface area contributed by atoms with Crippen LogP contribution in [-0.4, -0.2) is 16.5 Å². The predicted octanol–water partition coefficient (Wildman–Crippen LogP) is 2.64. The topological polar surface area (TPSA) is 20.2 Å². The molecule has 0 fully saturated rings. The van der Waals surface area contributed by atoms with Gasteiger partial charge in [-0.2, -0.15) is 12.6 Å². The van der Waals surface area contributed by atoms with Crippen molar-refractivity contribution in [1.82, 2.24) is 0 Å².